The van der Waals surface area contributed by atoms with E-state index in [1.165, 1.54) is 0 Å². The first-order chi connectivity index (χ1) is 9.10. The number of aromatic nitrogens is 1. The van der Waals surface area contributed by atoms with Crippen molar-refractivity contribution < 1.29 is 9.32 Å². The third kappa shape index (κ3) is 5.47. The highest BCUT2D eigenvalue weighted by Gasteiger charge is 2.24. The van der Waals surface area contributed by atoms with Gasteiger partial charge in [0.2, 0.25) is 5.91 Å². The second-order valence-corrected chi connectivity index (χ2v) is 5.05. The van der Waals surface area contributed by atoms with Crippen LogP contribution in [0.1, 0.15) is 24.8 Å². The SMILES string of the molecule is CC[C@H](N)C(=O)N1CCN(Cc2cc(C)no2)CC1.Cl.Cl. The van der Waals surface area contributed by atoms with Gasteiger partial charge in [-0.3, -0.25) is 9.69 Å². The molecule has 1 fully saturated rings. The summed E-state index contributed by atoms with van der Waals surface area (Å²) in [6.07, 6.45) is 0.691. The Morgan fingerprint density at radius 1 is 1.38 bits per heavy atom. The first-order valence-corrected chi connectivity index (χ1v) is 6.79. The summed E-state index contributed by atoms with van der Waals surface area (Å²) in [5, 5.41) is 3.88. The van der Waals surface area contributed by atoms with Crippen molar-refractivity contribution in [3.63, 3.8) is 0 Å². The molecule has 0 aromatic carbocycles. The third-order valence-corrected chi connectivity index (χ3v) is 3.50. The molecule has 1 aromatic rings. The van der Waals surface area contributed by atoms with Crippen LogP contribution in [0.3, 0.4) is 0 Å². The minimum absolute atomic E-state index is 0. The van der Waals surface area contributed by atoms with E-state index < -0.39 is 0 Å². The van der Waals surface area contributed by atoms with Crippen LogP contribution in [0.5, 0.6) is 0 Å². The molecule has 0 unspecified atom stereocenters. The molecule has 1 amide bonds. The lowest BCUT2D eigenvalue weighted by molar-refractivity contribution is -0.134. The van der Waals surface area contributed by atoms with Crippen LogP contribution >= 0.6 is 24.8 Å². The molecule has 0 bridgehead atoms. The summed E-state index contributed by atoms with van der Waals surface area (Å²) in [6.45, 7) is 7.77. The molecule has 1 atom stereocenters. The van der Waals surface area contributed by atoms with Gasteiger partial charge >= 0.3 is 0 Å². The molecule has 1 aliphatic rings. The third-order valence-electron chi connectivity index (χ3n) is 3.50. The smallest absolute Gasteiger partial charge is 0.239 e. The van der Waals surface area contributed by atoms with E-state index in [9.17, 15) is 4.79 Å². The van der Waals surface area contributed by atoms with Crippen LogP contribution in [-0.2, 0) is 11.3 Å². The van der Waals surface area contributed by atoms with Gasteiger partial charge in [0.25, 0.3) is 0 Å². The lowest BCUT2D eigenvalue weighted by Gasteiger charge is -2.35. The number of amides is 1. The van der Waals surface area contributed by atoms with E-state index in [-0.39, 0.29) is 36.8 Å². The minimum Gasteiger partial charge on any atom is -0.360 e. The average molecular weight is 339 g/mol. The molecule has 2 rings (SSSR count). The van der Waals surface area contributed by atoms with Crippen molar-refractivity contribution in [3.05, 3.63) is 17.5 Å². The van der Waals surface area contributed by atoms with Gasteiger partial charge in [0.15, 0.2) is 5.76 Å². The lowest BCUT2D eigenvalue weighted by atomic mass is 10.2. The van der Waals surface area contributed by atoms with Crippen molar-refractivity contribution in [1.82, 2.24) is 15.0 Å². The van der Waals surface area contributed by atoms with E-state index in [0.29, 0.717) is 6.42 Å². The predicted molar refractivity (Wildman–Crippen MR) is 85.9 cm³/mol. The van der Waals surface area contributed by atoms with Crippen LogP contribution in [0.2, 0.25) is 0 Å². The van der Waals surface area contributed by atoms with Crippen LogP contribution in [-0.4, -0.2) is 53.1 Å². The van der Waals surface area contributed by atoms with E-state index in [0.717, 1.165) is 44.2 Å². The molecule has 6 nitrogen and oxygen atoms in total. The van der Waals surface area contributed by atoms with Crippen LogP contribution in [0.4, 0.5) is 0 Å². The zero-order valence-corrected chi connectivity index (χ0v) is 14.1. The number of hydrogen-bond donors (Lipinski definition) is 1. The van der Waals surface area contributed by atoms with Gasteiger partial charge in [0.05, 0.1) is 18.3 Å². The molecule has 0 saturated carbocycles. The molecule has 0 aliphatic carbocycles. The highest BCUT2D eigenvalue weighted by atomic mass is 35.5. The maximum atomic E-state index is 12.0. The van der Waals surface area contributed by atoms with E-state index in [1.807, 2.05) is 24.8 Å². The number of carbonyl (C=O) groups is 1. The maximum Gasteiger partial charge on any atom is 0.239 e. The fourth-order valence-corrected chi connectivity index (χ4v) is 2.25. The standard InChI is InChI=1S/C13H22N4O2.2ClH/c1-3-12(14)13(18)17-6-4-16(5-7-17)9-11-8-10(2)15-19-11;;/h8,12H,3-7,9,14H2,1-2H3;2*1H/t12-;;/m0../s1. The van der Waals surface area contributed by atoms with Crippen molar-refractivity contribution in [1.29, 1.82) is 0 Å². The molecule has 1 aromatic heterocycles. The van der Waals surface area contributed by atoms with E-state index in [1.54, 1.807) is 0 Å². The van der Waals surface area contributed by atoms with E-state index in [2.05, 4.69) is 10.1 Å². The number of halogens is 2. The van der Waals surface area contributed by atoms with Gasteiger partial charge in [-0.25, -0.2) is 0 Å². The van der Waals surface area contributed by atoms with Crippen LogP contribution in [0.25, 0.3) is 0 Å². The normalized spacial score (nSPS) is 16.8. The maximum absolute atomic E-state index is 12.0. The molecule has 0 radical (unpaired) electrons. The summed E-state index contributed by atoms with van der Waals surface area (Å²) >= 11 is 0. The number of hydrogen-bond acceptors (Lipinski definition) is 5. The van der Waals surface area contributed by atoms with Gasteiger partial charge in [-0.15, -0.1) is 24.8 Å². The molecule has 2 N–H and O–H groups in total. The van der Waals surface area contributed by atoms with E-state index in [4.69, 9.17) is 10.3 Å². The number of nitrogens with zero attached hydrogens (tertiary/aromatic N) is 3. The summed E-state index contributed by atoms with van der Waals surface area (Å²) in [4.78, 5) is 16.1. The van der Waals surface area contributed by atoms with E-state index >= 15 is 0 Å². The number of rotatable bonds is 4. The minimum atomic E-state index is -0.358. The molecular formula is C13H24Cl2N4O2. The Bertz CT molecular complexity index is 434. The highest BCUT2D eigenvalue weighted by Crippen LogP contribution is 2.10. The predicted octanol–water partition coefficient (Wildman–Crippen LogP) is 1.21. The van der Waals surface area contributed by atoms with Crippen molar-refractivity contribution >= 4 is 30.7 Å². The zero-order chi connectivity index (χ0) is 13.8. The Morgan fingerprint density at radius 3 is 2.48 bits per heavy atom. The molecule has 1 saturated heterocycles. The molecule has 8 heteroatoms. The molecule has 1 aliphatic heterocycles. The first-order valence-electron chi connectivity index (χ1n) is 6.79. The molecular weight excluding hydrogens is 315 g/mol. The van der Waals surface area contributed by atoms with Gasteiger partial charge in [-0.05, 0) is 13.3 Å². The number of carbonyl (C=O) groups excluding carboxylic acids is 1. The fraction of sp³-hybridized carbons (Fsp3) is 0.692. The quantitative estimate of drug-likeness (QED) is 0.892. The summed E-state index contributed by atoms with van der Waals surface area (Å²) < 4.78 is 5.20. The summed E-state index contributed by atoms with van der Waals surface area (Å²) in [6, 6.07) is 1.59. The molecule has 21 heavy (non-hydrogen) atoms. The first kappa shape index (κ1) is 20.2. The largest absolute Gasteiger partial charge is 0.360 e. The molecule has 0 spiro atoms. The second-order valence-electron chi connectivity index (χ2n) is 5.05. The Morgan fingerprint density at radius 2 is 2.00 bits per heavy atom. The van der Waals surface area contributed by atoms with Crippen LogP contribution in [0.15, 0.2) is 10.6 Å². The van der Waals surface area contributed by atoms with Gasteiger partial charge in [-0.2, -0.15) is 0 Å². The number of nitrogens with two attached hydrogens (primary N) is 1. The Balaban J connectivity index is 0.00000200. The van der Waals surface area contributed by atoms with Gasteiger partial charge in [-0.1, -0.05) is 12.1 Å². The van der Waals surface area contributed by atoms with Crippen molar-refractivity contribution in [2.75, 3.05) is 26.2 Å². The molecule has 122 valence electrons. The zero-order valence-electron chi connectivity index (χ0n) is 12.4. The Labute approximate surface area is 137 Å². The van der Waals surface area contributed by atoms with Crippen LogP contribution in [0, 0.1) is 6.92 Å². The van der Waals surface area contributed by atoms with Crippen molar-refractivity contribution in [3.8, 4) is 0 Å². The monoisotopic (exact) mass is 338 g/mol. The van der Waals surface area contributed by atoms with Gasteiger partial charge in [0.1, 0.15) is 0 Å². The Hall–Kier alpha value is -0.820. The van der Waals surface area contributed by atoms with Gasteiger partial charge < -0.3 is 15.2 Å². The number of aryl methyl sites for hydroxylation is 1. The number of piperazine rings is 1. The topological polar surface area (TPSA) is 75.6 Å². The van der Waals surface area contributed by atoms with Crippen molar-refractivity contribution in [2.24, 2.45) is 5.73 Å². The molecule has 2 heterocycles. The van der Waals surface area contributed by atoms with Crippen LogP contribution < -0.4 is 5.73 Å². The van der Waals surface area contributed by atoms with Gasteiger partial charge in [0, 0.05) is 32.2 Å². The average Bonchev–Trinajstić information content (AvgIpc) is 2.83. The second kappa shape index (κ2) is 9.25. The lowest BCUT2D eigenvalue weighted by Crippen LogP contribution is -2.52. The fourth-order valence-electron chi connectivity index (χ4n) is 2.25. The van der Waals surface area contributed by atoms with Crippen molar-refractivity contribution in [2.45, 2.75) is 32.9 Å². The highest BCUT2D eigenvalue weighted by molar-refractivity contribution is 5.85. The summed E-state index contributed by atoms with van der Waals surface area (Å²) in [7, 11) is 0. The summed E-state index contributed by atoms with van der Waals surface area (Å²) in [5.41, 5.74) is 6.68. The Kier molecular flexibility index (Phi) is 8.89. The summed E-state index contributed by atoms with van der Waals surface area (Å²) in [5.74, 6) is 0.945.